The molecule has 154 valence electrons. The van der Waals surface area contributed by atoms with Crippen molar-refractivity contribution in [1.29, 1.82) is 0 Å². The highest BCUT2D eigenvalue weighted by Gasteiger charge is 2.19. The van der Waals surface area contributed by atoms with Gasteiger partial charge in [-0.2, -0.15) is 0 Å². The van der Waals surface area contributed by atoms with Gasteiger partial charge in [0, 0.05) is 19.2 Å². The summed E-state index contributed by atoms with van der Waals surface area (Å²) in [6.07, 6.45) is 2.89. The average Bonchev–Trinajstić information content (AvgIpc) is 2.97. The van der Waals surface area contributed by atoms with E-state index in [4.69, 9.17) is 23.2 Å². The molecule has 3 rings (SSSR count). The number of aryl methyl sites for hydroxylation is 1. The standard InChI is InChI=1S/C21H23Cl2FN4O/c1-4-5-7-12(2)25-20(29)13-10-17-18(11-16(13)24)28(3)21(26-17)27-19-14(22)8-6-9-15(19)23/h6,8-12H,4-5,7H2,1-3H3,(H,25,29)(H,26,27)/t12-/m1/s1. The highest BCUT2D eigenvalue weighted by atomic mass is 35.5. The molecule has 0 spiro atoms. The van der Waals surface area contributed by atoms with E-state index >= 15 is 0 Å². The molecule has 29 heavy (non-hydrogen) atoms. The van der Waals surface area contributed by atoms with Gasteiger partial charge in [-0.1, -0.05) is 49.0 Å². The number of carbonyl (C=O) groups excluding carboxylic acids is 1. The van der Waals surface area contributed by atoms with Crippen LogP contribution in [0.5, 0.6) is 0 Å². The summed E-state index contributed by atoms with van der Waals surface area (Å²) in [6.45, 7) is 4.00. The van der Waals surface area contributed by atoms with E-state index in [2.05, 4.69) is 22.5 Å². The first-order valence-electron chi connectivity index (χ1n) is 9.49. The number of imidazole rings is 1. The Balaban J connectivity index is 1.91. The summed E-state index contributed by atoms with van der Waals surface area (Å²) in [6, 6.07) is 7.91. The number of amides is 1. The van der Waals surface area contributed by atoms with E-state index < -0.39 is 11.7 Å². The molecule has 0 saturated heterocycles. The Kier molecular flexibility index (Phi) is 6.65. The minimum atomic E-state index is -0.594. The van der Waals surface area contributed by atoms with Gasteiger partial charge in [-0.25, -0.2) is 9.37 Å². The van der Waals surface area contributed by atoms with Crippen LogP contribution < -0.4 is 10.6 Å². The van der Waals surface area contributed by atoms with Crippen LogP contribution in [-0.2, 0) is 7.05 Å². The number of aromatic nitrogens is 2. The van der Waals surface area contributed by atoms with Gasteiger partial charge in [-0.05, 0) is 31.5 Å². The summed E-state index contributed by atoms with van der Waals surface area (Å²) in [5, 5.41) is 6.82. The van der Waals surface area contributed by atoms with Crippen molar-refractivity contribution in [3.63, 3.8) is 0 Å². The second kappa shape index (κ2) is 9.01. The summed E-state index contributed by atoms with van der Waals surface area (Å²) in [7, 11) is 1.74. The SMILES string of the molecule is CCCC[C@@H](C)NC(=O)c1cc2nc(Nc3c(Cl)cccc3Cl)n(C)c2cc1F. The van der Waals surface area contributed by atoms with Crippen molar-refractivity contribution in [2.75, 3.05) is 5.32 Å². The lowest BCUT2D eigenvalue weighted by atomic mass is 10.1. The summed E-state index contributed by atoms with van der Waals surface area (Å²) >= 11 is 12.4. The van der Waals surface area contributed by atoms with E-state index in [0.717, 1.165) is 19.3 Å². The van der Waals surface area contributed by atoms with Crippen molar-refractivity contribution in [3.05, 3.63) is 51.8 Å². The number of anilines is 2. The van der Waals surface area contributed by atoms with Gasteiger partial charge in [0.25, 0.3) is 5.91 Å². The first-order valence-corrected chi connectivity index (χ1v) is 10.2. The van der Waals surface area contributed by atoms with Crippen molar-refractivity contribution in [3.8, 4) is 0 Å². The molecule has 1 amide bonds. The molecule has 0 bridgehead atoms. The maximum atomic E-state index is 14.7. The van der Waals surface area contributed by atoms with Crippen LogP contribution in [0.4, 0.5) is 16.0 Å². The van der Waals surface area contributed by atoms with Crippen LogP contribution in [0.1, 0.15) is 43.5 Å². The molecule has 0 saturated carbocycles. The van der Waals surface area contributed by atoms with Crippen LogP contribution in [0.25, 0.3) is 11.0 Å². The third-order valence-electron chi connectivity index (χ3n) is 4.78. The number of halogens is 3. The summed E-state index contributed by atoms with van der Waals surface area (Å²) in [5.41, 5.74) is 1.52. The van der Waals surface area contributed by atoms with Crippen LogP contribution in [0.2, 0.25) is 10.0 Å². The zero-order valence-corrected chi connectivity index (χ0v) is 18.0. The van der Waals surface area contributed by atoms with Gasteiger partial charge in [0.1, 0.15) is 5.82 Å². The number of hydrogen-bond donors (Lipinski definition) is 2. The Morgan fingerprint density at radius 2 is 1.97 bits per heavy atom. The van der Waals surface area contributed by atoms with Gasteiger partial charge in [0.15, 0.2) is 0 Å². The molecule has 2 aromatic carbocycles. The van der Waals surface area contributed by atoms with Crippen molar-refractivity contribution in [2.45, 2.75) is 39.2 Å². The third kappa shape index (κ3) is 4.65. The molecule has 0 aliphatic heterocycles. The molecule has 0 unspecified atom stereocenters. The largest absolute Gasteiger partial charge is 0.349 e. The fourth-order valence-electron chi connectivity index (χ4n) is 3.11. The second-order valence-electron chi connectivity index (χ2n) is 7.05. The van der Waals surface area contributed by atoms with E-state index in [9.17, 15) is 9.18 Å². The maximum Gasteiger partial charge on any atom is 0.254 e. The number of fused-ring (bicyclic) bond motifs is 1. The molecule has 0 radical (unpaired) electrons. The molecule has 8 heteroatoms. The van der Waals surface area contributed by atoms with E-state index in [0.29, 0.717) is 32.7 Å². The number of rotatable bonds is 7. The summed E-state index contributed by atoms with van der Waals surface area (Å²) in [5.74, 6) is -0.603. The molecule has 0 aliphatic carbocycles. The average molecular weight is 437 g/mol. The number of unbranched alkanes of at least 4 members (excludes halogenated alkanes) is 1. The molecular weight excluding hydrogens is 414 g/mol. The molecule has 1 heterocycles. The van der Waals surface area contributed by atoms with Crippen LogP contribution >= 0.6 is 23.2 Å². The fraction of sp³-hybridized carbons (Fsp3) is 0.333. The van der Waals surface area contributed by atoms with Crippen LogP contribution in [0.15, 0.2) is 30.3 Å². The molecule has 3 aromatic rings. The smallest absolute Gasteiger partial charge is 0.254 e. The van der Waals surface area contributed by atoms with E-state index in [1.165, 1.54) is 12.1 Å². The predicted octanol–water partition coefficient (Wildman–Crippen LogP) is 6.07. The lowest BCUT2D eigenvalue weighted by Crippen LogP contribution is -2.33. The first kappa shape index (κ1) is 21.4. The topological polar surface area (TPSA) is 59.0 Å². The Labute approximate surface area is 179 Å². The second-order valence-corrected chi connectivity index (χ2v) is 7.87. The van der Waals surface area contributed by atoms with Crippen LogP contribution in [0.3, 0.4) is 0 Å². The molecule has 5 nitrogen and oxygen atoms in total. The maximum absolute atomic E-state index is 14.7. The minimum Gasteiger partial charge on any atom is -0.349 e. The number of carbonyl (C=O) groups is 1. The number of nitrogens with one attached hydrogen (secondary N) is 2. The zero-order valence-electron chi connectivity index (χ0n) is 16.5. The molecule has 2 N–H and O–H groups in total. The van der Waals surface area contributed by atoms with E-state index in [-0.39, 0.29) is 11.6 Å². The van der Waals surface area contributed by atoms with Crippen LogP contribution in [-0.4, -0.2) is 21.5 Å². The molecule has 1 atom stereocenters. The van der Waals surface area contributed by atoms with Crippen LogP contribution in [0, 0.1) is 5.82 Å². The highest BCUT2D eigenvalue weighted by molar-refractivity contribution is 6.39. The monoisotopic (exact) mass is 436 g/mol. The molecule has 0 aliphatic rings. The minimum absolute atomic E-state index is 0.0266. The number of para-hydroxylation sites is 1. The molecular formula is C21H23Cl2FN4O. The Morgan fingerprint density at radius 1 is 1.28 bits per heavy atom. The third-order valence-corrected chi connectivity index (χ3v) is 5.41. The van der Waals surface area contributed by atoms with E-state index in [1.807, 2.05) is 6.92 Å². The van der Waals surface area contributed by atoms with Gasteiger partial charge >= 0.3 is 0 Å². The lowest BCUT2D eigenvalue weighted by molar-refractivity contribution is 0.0934. The van der Waals surface area contributed by atoms with Gasteiger partial charge in [-0.15, -0.1) is 0 Å². The molecule has 1 aromatic heterocycles. The summed E-state index contributed by atoms with van der Waals surface area (Å²) in [4.78, 5) is 17.0. The lowest BCUT2D eigenvalue weighted by Gasteiger charge is -2.13. The Bertz CT molecular complexity index is 1030. The predicted molar refractivity (Wildman–Crippen MR) is 117 cm³/mol. The number of hydrogen-bond acceptors (Lipinski definition) is 3. The van der Waals surface area contributed by atoms with Gasteiger partial charge in [-0.3, -0.25) is 4.79 Å². The van der Waals surface area contributed by atoms with Crippen molar-refractivity contribution < 1.29 is 9.18 Å². The molecule has 0 fully saturated rings. The van der Waals surface area contributed by atoms with Crippen molar-refractivity contribution in [2.24, 2.45) is 7.05 Å². The number of nitrogens with zero attached hydrogens (tertiary/aromatic N) is 2. The zero-order chi connectivity index (χ0) is 21.1. The Hall–Kier alpha value is -2.31. The van der Waals surface area contributed by atoms with Crippen molar-refractivity contribution >= 4 is 51.8 Å². The quantitative estimate of drug-likeness (QED) is 0.472. The van der Waals surface area contributed by atoms with Crippen molar-refractivity contribution in [1.82, 2.24) is 14.9 Å². The fourth-order valence-corrected chi connectivity index (χ4v) is 3.60. The summed E-state index contributed by atoms with van der Waals surface area (Å²) < 4.78 is 16.3. The number of benzene rings is 2. The first-order chi connectivity index (χ1) is 13.8. The van der Waals surface area contributed by atoms with Gasteiger partial charge < -0.3 is 15.2 Å². The van der Waals surface area contributed by atoms with E-state index in [1.54, 1.807) is 29.8 Å². The highest BCUT2D eigenvalue weighted by Crippen LogP contribution is 2.33. The van der Waals surface area contributed by atoms with Gasteiger partial charge in [0.05, 0.1) is 32.3 Å². The van der Waals surface area contributed by atoms with Gasteiger partial charge in [0.2, 0.25) is 5.95 Å². The Morgan fingerprint density at radius 3 is 2.62 bits per heavy atom. The normalized spacial score (nSPS) is 12.2.